The van der Waals surface area contributed by atoms with Crippen molar-refractivity contribution in [3.8, 4) is 5.75 Å². The zero-order valence-corrected chi connectivity index (χ0v) is 14.0. The zero-order valence-electron chi connectivity index (χ0n) is 14.0. The highest BCUT2D eigenvalue weighted by atomic mass is 16.5. The van der Waals surface area contributed by atoms with Gasteiger partial charge < -0.3 is 19.5 Å². The standard InChI is InChI=1S/C17H18N4O4/c1-9-16(22)19-12-6-3-5-11(14(12)24-9)17(23)21-8-4-7-13(21)15-18-10(2)25-20-15/h3,5-6,9,13H,4,7-8H2,1-2H3,(H,19,22)/t9-,13+/m1/s1. The van der Waals surface area contributed by atoms with Crippen LogP contribution in [0.3, 0.4) is 0 Å². The molecule has 1 saturated heterocycles. The number of carbonyl (C=O) groups is 2. The molecule has 25 heavy (non-hydrogen) atoms. The van der Waals surface area contributed by atoms with Gasteiger partial charge in [-0.05, 0) is 31.9 Å². The van der Waals surface area contributed by atoms with Gasteiger partial charge in [-0.2, -0.15) is 4.98 Å². The Morgan fingerprint density at radius 3 is 3.00 bits per heavy atom. The van der Waals surface area contributed by atoms with Gasteiger partial charge in [0.15, 0.2) is 17.7 Å². The van der Waals surface area contributed by atoms with Crippen LogP contribution in [0.15, 0.2) is 22.7 Å². The Labute approximate surface area is 144 Å². The summed E-state index contributed by atoms with van der Waals surface area (Å²) < 4.78 is 10.7. The Morgan fingerprint density at radius 1 is 1.40 bits per heavy atom. The first kappa shape index (κ1) is 15.6. The lowest BCUT2D eigenvalue weighted by atomic mass is 10.1. The summed E-state index contributed by atoms with van der Waals surface area (Å²) in [6, 6.07) is 4.95. The molecule has 8 nitrogen and oxygen atoms in total. The second-order valence-corrected chi connectivity index (χ2v) is 6.26. The predicted octanol–water partition coefficient (Wildman–Crippen LogP) is 2.07. The number of anilines is 1. The smallest absolute Gasteiger partial charge is 0.265 e. The molecule has 1 aromatic heterocycles. The van der Waals surface area contributed by atoms with Crippen LogP contribution in [-0.2, 0) is 4.79 Å². The molecule has 0 unspecified atom stereocenters. The van der Waals surface area contributed by atoms with Gasteiger partial charge in [-0.15, -0.1) is 0 Å². The molecule has 8 heteroatoms. The number of nitrogens with one attached hydrogen (secondary N) is 1. The third-order valence-electron chi connectivity index (χ3n) is 4.52. The SMILES string of the molecule is Cc1nc([C@@H]2CCCN2C(=O)c2cccc3c2O[C@H](C)C(=O)N3)no1. The van der Waals surface area contributed by atoms with Crippen molar-refractivity contribution in [1.82, 2.24) is 15.0 Å². The lowest BCUT2D eigenvalue weighted by molar-refractivity contribution is -0.122. The molecule has 1 N–H and O–H groups in total. The van der Waals surface area contributed by atoms with Gasteiger partial charge in [0.2, 0.25) is 5.89 Å². The maximum atomic E-state index is 13.1. The highest BCUT2D eigenvalue weighted by Crippen LogP contribution is 2.37. The number of aryl methyl sites for hydroxylation is 1. The molecule has 1 fully saturated rings. The van der Waals surface area contributed by atoms with Gasteiger partial charge in [-0.25, -0.2) is 0 Å². The predicted molar refractivity (Wildman–Crippen MR) is 87.2 cm³/mol. The van der Waals surface area contributed by atoms with Crippen molar-refractivity contribution in [3.05, 3.63) is 35.5 Å². The second kappa shape index (κ2) is 5.87. The molecule has 2 atom stereocenters. The van der Waals surface area contributed by atoms with Gasteiger partial charge in [0.1, 0.15) is 0 Å². The van der Waals surface area contributed by atoms with E-state index < -0.39 is 6.10 Å². The highest BCUT2D eigenvalue weighted by Gasteiger charge is 2.36. The van der Waals surface area contributed by atoms with E-state index in [2.05, 4.69) is 15.5 Å². The van der Waals surface area contributed by atoms with E-state index in [1.165, 1.54) is 0 Å². The number of benzene rings is 1. The zero-order chi connectivity index (χ0) is 17.6. The largest absolute Gasteiger partial charge is 0.478 e. The third kappa shape index (κ3) is 2.63. The minimum absolute atomic E-state index is 0.162. The number of aromatic nitrogens is 2. The fraction of sp³-hybridized carbons (Fsp3) is 0.412. The fourth-order valence-corrected chi connectivity index (χ4v) is 3.28. The van der Waals surface area contributed by atoms with Crippen molar-refractivity contribution in [2.45, 2.75) is 38.8 Å². The number of hydrogen-bond donors (Lipinski definition) is 1. The number of carbonyl (C=O) groups excluding carboxylic acids is 2. The first-order chi connectivity index (χ1) is 12.0. The van der Waals surface area contributed by atoms with Gasteiger partial charge in [-0.3, -0.25) is 9.59 Å². The summed E-state index contributed by atoms with van der Waals surface area (Å²) >= 11 is 0. The number of rotatable bonds is 2. The molecule has 0 radical (unpaired) electrons. The minimum atomic E-state index is -0.643. The molecule has 0 bridgehead atoms. The van der Waals surface area contributed by atoms with E-state index in [-0.39, 0.29) is 17.9 Å². The molecule has 0 spiro atoms. The number of fused-ring (bicyclic) bond motifs is 1. The van der Waals surface area contributed by atoms with Crippen LogP contribution in [0.4, 0.5) is 5.69 Å². The maximum absolute atomic E-state index is 13.1. The second-order valence-electron chi connectivity index (χ2n) is 6.26. The Kier molecular flexibility index (Phi) is 3.67. The van der Waals surface area contributed by atoms with E-state index in [1.54, 1.807) is 36.9 Å². The van der Waals surface area contributed by atoms with Crippen molar-refractivity contribution in [2.75, 3.05) is 11.9 Å². The van der Waals surface area contributed by atoms with Gasteiger partial charge in [0, 0.05) is 13.5 Å². The molecule has 2 amide bonds. The summed E-state index contributed by atoms with van der Waals surface area (Å²) in [4.78, 5) is 30.9. The molecule has 0 saturated carbocycles. The summed E-state index contributed by atoms with van der Waals surface area (Å²) in [5.41, 5.74) is 0.941. The van der Waals surface area contributed by atoms with Crippen LogP contribution >= 0.6 is 0 Å². The van der Waals surface area contributed by atoms with E-state index >= 15 is 0 Å². The molecule has 4 rings (SSSR count). The molecule has 2 aromatic rings. The Bertz CT molecular complexity index is 847. The first-order valence-corrected chi connectivity index (χ1v) is 8.26. The monoisotopic (exact) mass is 342 g/mol. The van der Waals surface area contributed by atoms with Gasteiger partial charge >= 0.3 is 0 Å². The third-order valence-corrected chi connectivity index (χ3v) is 4.52. The van der Waals surface area contributed by atoms with Crippen LogP contribution in [0.1, 0.15) is 47.9 Å². The summed E-state index contributed by atoms with van der Waals surface area (Å²) in [6.07, 6.45) is 1.01. The van der Waals surface area contributed by atoms with Crippen LogP contribution in [0.2, 0.25) is 0 Å². The van der Waals surface area contributed by atoms with Crippen LogP contribution < -0.4 is 10.1 Å². The summed E-state index contributed by atoms with van der Waals surface area (Å²) in [5.74, 6) is 1.03. The van der Waals surface area contributed by atoms with Crippen molar-refractivity contribution >= 4 is 17.5 Å². The van der Waals surface area contributed by atoms with Crippen LogP contribution in [-0.4, -0.2) is 39.5 Å². The van der Waals surface area contributed by atoms with Gasteiger partial charge in [0.05, 0.1) is 17.3 Å². The number of ether oxygens (including phenoxy) is 1. The van der Waals surface area contributed by atoms with Gasteiger partial charge in [0.25, 0.3) is 11.8 Å². The molecule has 2 aliphatic heterocycles. The normalized spacial score (nSPS) is 22.3. The average molecular weight is 342 g/mol. The molecule has 130 valence electrons. The quantitative estimate of drug-likeness (QED) is 0.897. The van der Waals surface area contributed by atoms with Crippen molar-refractivity contribution < 1.29 is 18.8 Å². The van der Waals surface area contributed by atoms with Crippen molar-refractivity contribution in [1.29, 1.82) is 0 Å². The van der Waals surface area contributed by atoms with Gasteiger partial charge in [-0.1, -0.05) is 11.2 Å². The van der Waals surface area contributed by atoms with E-state index in [1.807, 2.05) is 0 Å². The molecule has 2 aliphatic rings. The maximum Gasteiger partial charge on any atom is 0.265 e. The molecule has 0 aliphatic carbocycles. The molecular weight excluding hydrogens is 324 g/mol. The summed E-state index contributed by atoms with van der Waals surface area (Å²) in [5, 5.41) is 6.73. The number of para-hydroxylation sites is 1. The number of likely N-dealkylation sites (tertiary alicyclic amines) is 1. The lowest BCUT2D eigenvalue weighted by Crippen LogP contribution is -2.37. The Morgan fingerprint density at radius 2 is 2.24 bits per heavy atom. The summed E-state index contributed by atoms with van der Waals surface area (Å²) in [6.45, 7) is 3.99. The number of amides is 2. The van der Waals surface area contributed by atoms with Crippen LogP contribution in [0.5, 0.6) is 5.75 Å². The topological polar surface area (TPSA) is 97.6 Å². The first-order valence-electron chi connectivity index (χ1n) is 8.26. The number of nitrogens with zero attached hydrogens (tertiary/aromatic N) is 3. The summed E-state index contributed by atoms with van der Waals surface area (Å²) in [7, 11) is 0. The molecular formula is C17H18N4O4. The average Bonchev–Trinajstić information content (AvgIpc) is 3.23. The van der Waals surface area contributed by atoms with Crippen molar-refractivity contribution in [3.63, 3.8) is 0 Å². The van der Waals surface area contributed by atoms with Crippen LogP contribution in [0.25, 0.3) is 0 Å². The fourth-order valence-electron chi connectivity index (χ4n) is 3.28. The van der Waals surface area contributed by atoms with Crippen LogP contribution in [0, 0.1) is 6.92 Å². The minimum Gasteiger partial charge on any atom is -0.478 e. The van der Waals surface area contributed by atoms with E-state index in [0.717, 1.165) is 12.8 Å². The molecule has 1 aromatic carbocycles. The number of hydrogen-bond acceptors (Lipinski definition) is 6. The Hall–Kier alpha value is -2.90. The van der Waals surface area contributed by atoms with E-state index in [0.29, 0.717) is 35.3 Å². The lowest BCUT2D eigenvalue weighted by Gasteiger charge is -2.28. The highest BCUT2D eigenvalue weighted by molar-refractivity contribution is 6.04. The Balaban J connectivity index is 1.67. The van der Waals surface area contributed by atoms with Crippen molar-refractivity contribution in [2.24, 2.45) is 0 Å². The van der Waals surface area contributed by atoms with E-state index in [4.69, 9.17) is 9.26 Å². The van der Waals surface area contributed by atoms with E-state index in [9.17, 15) is 9.59 Å². The molecule has 3 heterocycles.